The first-order valence-corrected chi connectivity index (χ1v) is 7.09. The van der Waals surface area contributed by atoms with Gasteiger partial charge in [0.2, 0.25) is 0 Å². The summed E-state index contributed by atoms with van der Waals surface area (Å²) in [6, 6.07) is 0. The van der Waals surface area contributed by atoms with Crippen molar-refractivity contribution in [1.82, 2.24) is 19.4 Å². The summed E-state index contributed by atoms with van der Waals surface area (Å²) in [5.74, 6) is 1.08. The Balaban J connectivity index is 1.70. The van der Waals surface area contributed by atoms with Crippen LogP contribution >= 0.6 is 0 Å². The molecule has 1 fully saturated rings. The molecule has 0 aliphatic carbocycles. The average Bonchev–Trinajstić information content (AvgIpc) is 2.72. The molecular weight excluding hydrogens is 240 g/mol. The number of aliphatic hydroxyl groups is 1. The third-order valence-corrected chi connectivity index (χ3v) is 3.66. The average molecular weight is 266 g/mol. The molecule has 5 heteroatoms. The van der Waals surface area contributed by atoms with Gasteiger partial charge >= 0.3 is 0 Å². The molecule has 0 saturated carbocycles. The van der Waals surface area contributed by atoms with Crippen molar-refractivity contribution in [3.05, 3.63) is 18.2 Å². The maximum Gasteiger partial charge on any atom is 0.105 e. The van der Waals surface area contributed by atoms with E-state index in [2.05, 4.69) is 19.4 Å². The van der Waals surface area contributed by atoms with E-state index in [1.54, 1.807) is 0 Å². The van der Waals surface area contributed by atoms with Gasteiger partial charge < -0.3 is 9.67 Å². The molecule has 1 N–H and O–H groups in total. The number of aryl methyl sites for hydroxylation is 1. The standard InChI is InChI=1S/C14H26N4O/c1-13-15-4-5-18(13)11-10-16-6-8-17(9-7-16)12-14(2,3)19/h4-5,19H,6-12H2,1-3H3. The number of β-amino-alcohol motifs (C(OH)–C–C–N with tert-alkyl or cyclic N) is 1. The zero-order valence-corrected chi connectivity index (χ0v) is 12.3. The summed E-state index contributed by atoms with van der Waals surface area (Å²) in [6.07, 6.45) is 3.90. The van der Waals surface area contributed by atoms with Crippen molar-refractivity contribution in [2.45, 2.75) is 32.9 Å². The van der Waals surface area contributed by atoms with E-state index < -0.39 is 5.60 Å². The summed E-state index contributed by atoms with van der Waals surface area (Å²) >= 11 is 0. The van der Waals surface area contributed by atoms with Gasteiger partial charge in [0.25, 0.3) is 0 Å². The van der Waals surface area contributed by atoms with Crippen molar-refractivity contribution in [1.29, 1.82) is 0 Å². The Hall–Kier alpha value is -0.910. The molecule has 0 atom stereocenters. The molecule has 1 aliphatic rings. The van der Waals surface area contributed by atoms with E-state index in [1.807, 2.05) is 33.2 Å². The highest BCUT2D eigenvalue weighted by atomic mass is 16.3. The molecule has 0 radical (unpaired) electrons. The molecule has 0 unspecified atom stereocenters. The smallest absolute Gasteiger partial charge is 0.105 e. The van der Waals surface area contributed by atoms with E-state index >= 15 is 0 Å². The fourth-order valence-electron chi connectivity index (χ4n) is 2.61. The minimum Gasteiger partial charge on any atom is -0.389 e. The van der Waals surface area contributed by atoms with Gasteiger partial charge in [-0.05, 0) is 20.8 Å². The first kappa shape index (κ1) is 14.5. The summed E-state index contributed by atoms with van der Waals surface area (Å²) in [6.45, 7) is 12.9. The largest absolute Gasteiger partial charge is 0.389 e. The highest BCUT2D eigenvalue weighted by Gasteiger charge is 2.22. The van der Waals surface area contributed by atoms with Gasteiger partial charge in [0, 0.05) is 58.2 Å². The topological polar surface area (TPSA) is 44.5 Å². The van der Waals surface area contributed by atoms with Crippen LogP contribution in [-0.4, -0.2) is 69.3 Å². The monoisotopic (exact) mass is 266 g/mol. The van der Waals surface area contributed by atoms with Gasteiger partial charge in [0.15, 0.2) is 0 Å². The molecule has 2 rings (SSSR count). The lowest BCUT2D eigenvalue weighted by molar-refractivity contribution is 0.0174. The summed E-state index contributed by atoms with van der Waals surface area (Å²) in [5.41, 5.74) is -0.587. The number of nitrogens with zero attached hydrogens (tertiary/aromatic N) is 4. The molecule has 0 amide bonds. The number of piperazine rings is 1. The molecule has 19 heavy (non-hydrogen) atoms. The van der Waals surface area contributed by atoms with E-state index in [1.165, 1.54) is 0 Å². The molecule has 108 valence electrons. The van der Waals surface area contributed by atoms with Crippen LogP contribution < -0.4 is 0 Å². The molecule has 2 heterocycles. The van der Waals surface area contributed by atoms with Crippen LogP contribution in [0.3, 0.4) is 0 Å². The van der Waals surface area contributed by atoms with E-state index in [4.69, 9.17) is 0 Å². The van der Waals surface area contributed by atoms with Crippen molar-refractivity contribution >= 4 is 0 Å². The lowest BCUT2D eigenvalue weighted by atomic mass is 10.1. The van der Waals surface area contributed by atoms with Crippen molar-refractivity contribution in [2.24, 2.45) is 0 Å². The first-order chi connectivity index (χ1) is 8.94. The van der Waals surface area contributed by atoms with Gasteiger partial charge in [-0.15, -0.1) is 0 Å². The predicted molar refractivity (Wildman–Crippen MR) is 76.1 cm³/mol. The van der Waals surface area contributed by atoms with E-state index in [0.29, 0.717) is 0 Å². The molecule has 1 aromatic rings. The minimum atomic E-state index is -0.587. The van der Waals surface area contributed by atoms with Gasteiger partial charge in [-0.1, -0.05) is 0 Å². The second-order valence-corrected chi connectivity index (χ2v) is 6.10. The molecule has 0 spiro atoms. The summed E-state index contributed by atoms with van der Waals surface area (Å²) in [7, 11) is 0. The second kappa shape index (κ2) is 6.03. The number of aromatic nitrogens is 2. The van der Waals surface area contributed by atoms with Crippen LogP contribution in [-0.2, 0) is 6.54 Å². The molecule has 5 nitrogen and oxygen atoms in total. The Kier molecular flexibility index (Phi) is 4.60. The van der Waals surface area contributed by atoms with Crippen molar-refractivity contribution in [2.75, 3.05) is 39.3 Å². The van der Waals surface area contributed by atoms with Crippen molar-refractivity contribution in [3.63, 3.8) is 0 Å². The zero-order chi connectivity index (χ0) is 13.9. The number of rotatable bonds is 5. The molecular formula is C14H26N4O. The van der Waals surface area contributed by atoms with Crippen LogP contribution in [0.4, 0.5) is 0 Å². The summed E-state index contributed by atoms with van der Waals surface area (Å²) in [4.78, 5) is 9.07. The highest BCUT2D eigenvalue weighted by Crippen LogP contribution is 2.08. The van der Waals surface area contributed by atoms with Gasteiger partial charge in [0.1, 0.15) is 5.82 Å². The molecule has 1 aliphatic heterocycles. The zero-order valence-electron chi connectivity index (χ0n) is 12.3. The lowest BCUT2D eigenvalue weighted by Gasteiger charge is -2.37. The Morgan fingerprint density at radius 1 is 1.16 bits per heavy atom. The van der Waals surface area contributed by atoms with Crippen molar-refractivity contribution in [3.8, 4) is 0 Å². The fraction of sp³-hybridized carbons (Fsp3) is 0.786. The third-order valence-electron chi connectivity index (χ3n) is 3.66. The third kappa shape index (κ3) is 4.60. The number of imidazole rings is 1. The van der Waals surface area contributed by atoms with Crippen LogP contribution in [0.2, 0.25) is 0 Å². The van der Waals surface area contributed by atoms with Crippen LogP contribution in [0.1, 0.15) is 19.7 Å². The van der Waals surface area contributed by atoms with Crippen molar-refractivity contribution < 1.29 is 5.11 Å². The second-order valence-electron chi connectivity index (χ2n) is 6.10. The molecule has 1 saturated heterocycles. The van der Waals surface area contributed by atoms with Gasteiger partial charge in [-0.2, -0.15) is 0 Å². The quantitative estimate of drug-likeness (QED) is 0.847. The summed E-state index contributed by atoms with van der Waals surface area (Å²) in [5, 5.41) is 9.83. The number of hydrogen-bond donors (Lipinski definition) is 1. The summed E-state index contributed by atoms with van der Waals surface area (Å²) < 4.78 is 2.20. The van der Waals surface area contributed by atoms with Gasteiger partial charge in [-0.25, -0.2) is 4.98 Å². The maximum atomic E-state index is 9.83. The van der Waals surface area contributed by atoms with Crippen LogP contribution in [0.15, 0.2) is 12.4 Å². The minimum absolute atomic E-state index is 0.587. The van der Waals surface area contributed by atoms with Gasteiger partial charge in [0.05, 0.1) is 5.60 Å². The highest BCUT2D eigenvalue weighted by molar-refractivity contribution is 4.88. The van der Waals surface area contributed by atoms with Crippen LogP contribution in [0.25, 0.3) is 0 Å². The van der Waals surface area contributed by atoms with Crippen LogP contribution in [0.5, 0.6) is 0 Å². The fourth-order valence-corrected chi connectivity index (χ4v) is 2.61. The predicted octanol–water partition coefficient (Wildman–Crippen LogP) is 0.580. The van der Waals surface area contributed by atoms with E-state index in [-0.39, 0.29) is 0 Å². The molecule has 1 aromatic heterocycles. The Bertz CT molecular complexity index is 388. The molecule has 0 bridgehead atoms. The number of hydrogen-bond acceptors (Lipinski definition) is 4. The normalized spacial score (nSPS) is 18.9. The lowest BCUT2D eigenvalue weighted by Crippen LogP contribution is -2.50. The SMILES string of the molecule is Cc1nccn1CCN1CCN(CC(C)(C)O)CC1. The van der Waals surface area contributed by atoms with E-state index in [0.717, 1.165) is 51.6 Å². The van der Waals surface area contributed by atoms with Crippen LogP contribution in [0, 0.1) is 6.92 Å². The van der Waals surface area contributed by atoms with E-state index in [9.17, 15) is 5.11 Å². The Morgan fingerprint density at radius 3 is 2.32 bits per heavy atom. The van der Waals surface area contributed by atoms with Gasteiger partial charge in [-0.3, -0.25) is 9.80 Å². The Labute approximate surface area is 115 Å². The molecule has 0 aromatic carbocycles. The Morgan fingerprint density at radius 2 is 1.79 bits per heavy atom. The maximum absolute atomic E-state index is 9.83. The first-order valence-electron chi connectivity index (χ1n) is 7.09.